The van der Waals surface area contributed by atoms with Gasteiger partial charge in [0.15, 0.2) is 0 Å². The minimum absolute atomic E-state index is 0.0307. The molecule has 12 heteroatoms. The van der Waals surface area contributed by atoms with E-state index in [2.05, 4.69) is 30.8 Å². The summed E-state index contributed by atoms with van der Waals surface area (Å²) in [6, 6.07) is 6.28. The molecular formula is C27H36F3N7O2. The summed E-state index contributed by atoms with van der Waals surface area (Å²) in [5, 5.41) is 8.66. The number of alkyl halides is 3. The number of nitrogens with zero attached hydrogens (tertiary/aromatic N) is 4. The van der Waals surface area contributed by atoms with Gasteiger partial charge in [0, 0.05) is 49.2 Å². The molecule has 9 nitrogen and oxygen atoms in total. The van der Waals surface area contributed by atoms with Crippen molar-refractivity contribution in [1.82, 2.24) is 25.1 Å². The highest BCUT2D eigenvalue weighted by Crippen LogP contribution is 2.36. The number of halogens is 3. The number of carbonyl (C=O) groups is 2. The number of likely N-dealkylation sites (N-methyl/N-ethyl adjacent to an activating group) is 2. The number of nitrogens with one attached hydrogen (secondary N) is 3. The molecule has 1 aromatic carbocycles. The predicted octanol–water partition coefficient (Wildman–Crippen LogP) is 4.12. The molecule has 212 valence electrons. The van der Waals surface area contributed by atoms with E-state index in [9.17, 15) is 22.8 Å². The van der Waals surface area contributed by atoms with Gasteiger partial charge in [0.05, 0.1) is 5.92 Å². The normalized spacial score (nSPS) is 21.7. The van der Waals surface area contributed by atoms with Crippen molar-refractivity contribution in [2.75, 3.05) is 37.8 Å². The van der Waals surface area contributed by atoms with E-state index in [-0.39, 0.29) is 35.7 Å². The molecule has 3 atom stereocenters. The fourth-order valence-electron chi connectivity index (χ4n) is 5.20. The van der Waals surface area contributed by atoms with Crippen LogP contribution in [0.1, 0.15) is 55.5 Å². The second-order valence-corrected chi connectivity index (χ2v) is 10.7. The topological polar surface area (TPSA) is 102 Å². The Balaban J connectivity index is 1.48. The van der Waals surface area contributed by atoms with Crippen LogP contribution in [0.25, 0.3) is 0 Å². The Hall–Kier alpha value is -3.41. The molecule has 0 spiro atoms. The molecular weight excluding hydrogens is 511 g/mol. The van der Waals surface area contributed by atoms with E-state index in [4.69, 9.17) is 0 Å². The van der Waals surface area contributed by atoms with Crippen LogP contribution >= 0.6 is 0 Å². The van der Waals surface area contributed by atoms with Gasteiger partial charge in [0.25, 0.3) is 5.91 Å². The van der Waals surface area contributed by atoms with Crippen LogP contribution < -0.4 is 16.0 Å². The zero-order valence-corrected chi connectivity index (χ0v) is 22.7. The van der Waals surface area contributed by atoms with Gasteiger partial charge in [-0.2, -0.15) is 18.2 Å². The third-order valence-corrected chi connectivity index (χ3v) is 7.32. The number of hydrogen-bond acceptors (Lipinski definition) is 7. The van der Waals surface area contributed by atoms with Gasteiger partial charge >= 0.3 is 6.18 Å². The quantitative estimate of drug-likeness (QED) is 0.457. The Kier molecular flexibility index (Phi) is 8.63. The predicted molar refractivity (Wildman–Crippen MR) is 143 cm³/mol. The average molecular weight is 548 g/mol. The number of amides is 2. The summed E-state index contributed by atoms with van der Waals surface area (Å²) in [7, 11) is 3.82. The SMILES string of the molecule is CC(C)NC(=O)C1CCCC1Nc1nc(Nc2ccc(C(=O)N(C)C3CCN(C)C3)cc2)ncc1C(F)(F)F. The summed E-state index contributed by atoms with van der Waals surface area (Å²) in [5.41, 5.74) is 0.0420. The van der Waals surface area contributed by atoms with Crippen molar-refractivity contribution in [3.05, 3.63) is 41.6 Å². The maximum Gasteiger partial charge on any atom is 0.421 e. The Morgan fingerprint density at radius 3 is 2.46 bits per heavy atom. The second-order valence-electron chi connectivity index (χ2n) is 10.7. The first-order chi connectivity index (χ1) is 18.4. The molecule has 3 N–H and O–H groups in total. The molecule has 1 saturated carbocycles. The van der Waals surface area contributed by atoms with Crippen LogP contribution in [0.4, 0.5) is 30.6 Å². The molecule has 39 heavy (non-hydrogen) atoms. The van der Waals surface area contributed by atoms with Gasteiger partial charge in [0.2, 0.25) is 11.9 Å². The van der Waals surface area contributed by atoms with E-state index in [0.29, 0.717) is 24.1 Å². The highest BCUT2D eigenvalue weighted by atomic mass is 19.4. The van der Waals surface area contributed by atoms with Crippen molar-refractivity contribution in [2.24, 2.45) is 5.92 Å². The van der Waals surface area contributed by atoms with Crippen molar-refractivity contribution >= 4 is 29.3 Å². The van der Waals surface area contributed by atoms with Crippen molar-refractivity contribution in [3.8, 4) is 0 Å². The Morgan fingerprint density at radius 1 is 1.13 bits per heavy atom. The number of carbonyl (C=O) groups excluding carboxylic acids is 2. The largest absolute Gasteiger partial charge is 0.421 e. The van der Waals surface area contributed by atoms with Crippen LogP contribution in [0.2, 0.25) is 0 Å². The van der Waals surface area contributed by atoms with E-state index in [1.807, 2.05) is 20.9 Å². The number of rotatable bonds is 8. The molecule has 0 bridgehead atoms. The second kappa shape index (κ2) is 11.8. The van der Waals surface area contributed by atoms with Crippen molar-refractivity contribution in [3.63, 3.8) is 0 Å². The zero-order valence-electron chi connectivity index (χ0n) is 22.7. The highest BCUT2D eigenvalue weighted by Gasteiger charge is 2.39. The van der Waals surface area contributed by atoms with Crippen LogP contribution in [0.3, 0.4) is 0 Å². The zero-order chi connectivity index (χ0) is 28.3. The molecule has 1 aliphatic heterocycles. The molecule has 1 aromatic heterocycles. The van der Waals surface area contributed by atoms with E-state index in [1.165, 1.54) is 0 Å². The standard InChI is InChI=1S/C27H36F3N7O2/c1-16(2)32-24(38)20-6-5-7-22(20)34-23-21(27(28,29)30)14-31-26(35-23)33-18-10-8-17(9-11-18)25(39)37(4)19-12-13-36(3)15-19/h8-11,14,16,19-20,22H,5-7,12-13,15H2,1-4H3,(H,32,38)(H2,31,33,34,35). The monoisotopic (exact) mass is 547 g/mol. The lowest BCUT2D eigenvalue weighted by molar-refractivity contribution is -0.137. The molecule has 0 radical (unpaired) electrons. The molecule has 1 saturated heterocycles. The summed E-state index contributed by atoms with van der Waals surface area (Å²) in [6.45, 7) is 5.46. The minimum Gasteiger partial charge on any atom is -0.366 e. The van der Waals surface area contributed by atoms with Crippen molar-refractivity contribution < 1.29 is 22.8 Å². The summed E-state index contributed by atoms with van der Waals surface area (Å²) in [6.07, 6.45) is -1.14. The number of benzene rings is 1. The fraction of sp³-hybridized carbons (Fsp3) is 0.556. The van der Waals surface area contributed by atoms with Gasteiger partial charge in [-0.15, -0.1) is 0 Å². The smallest absolute Gasteiger partial charge is 0.366 e. The molecule has 3 unspecified atom stereocenters. The number of anilines is 3. The van der Waals surface area contributed by atoms with Crippen LogP contribution in [-0.2, 0) is 11.0 Å². The third kappa shape index (κ3) is 6.97. The summed E-state index contributed by atoms with van der Waals surface area (Å²) in [5.74, 6) is -1.12. The van der Waals surface area contributed by atoms with E-state index in [1.54, 1.807) is 36.2 Å². The van der Waals surface area contributed by atoms with E-state index in [0.717, 1.165) is 32.1 Å². The average Bonchev–Trinajstić information content (AvgIpc) is 3.51. The molecule has 2 aromatic rings. The van der Waals surface area contributed by atoms with Crippen LogP contribution in [0.5, 0.6) is 0 Å². The Bertz CT molecular complexity index is 1170. The maximum absolute atomic E-state index is 13.8. The van der Waals surface area contributed by atoms with Crippen molar-refractivity contribution in [1.29, 1.82) is 0 Å². The van der Waals surface area contributed by atoms with Gasteiger partial charge < -0.3 is 25.8 Å². The van der Waals surface area contributed by atoms with Crippen LogP contribution in [0, 0.1) is 5.92 Å². The lowest BCUT2D eigenvalue weighted by Gasteiger charge is -2.24. The lowest BCUT2D eigenvalue weighted by atomic mass is 10.0. The van der Waals surface area contributed by atoms with E-state index < -0.39 is 23.7 Å². The first-order valence-electron chi connectivity index (χ1n) is 13.3. The number of aromatic nitrogens is 2. The van der Waals surface area contributed by atoms with Gasteiger partial charge in [-0.3, -0.25) is 9.59 Å². The van der Waals surface area contributed by atoms with E-state index >= 15 is 0 Å². The summed E-state index contributed by atoms with van der Waals surface area (Å²) >= 11 is 0. The third-order valence-electron chi connectivity index (χ3n) is 7.32. The summed E-state index contributed by atoms with van der Waals surface area (Å²) < 4.78 is 41.3. The first kappa shape index (κ1) is 28.6. The lowest BCUT2D eigenvalue weighted by Crippen LogP contribution is -2.41. The molecule has 2 aliphatic rings. The number of hydrogen-bond donors (Lipinski definition) is 3. The fourth-order valence-corrected chi connectivity index (χ4v) is 5.20. The van der Waals surface area contributed by atoms with Crippen LogP contribution in [0.15, 0.2) is 30.5 Å². The molecule has 2 fully saturated rings. The highest BCUT2D eigenvalue weighted by molar-refractivity contribution is 5.94. The van der Waals surface area contributed by atoms with Gasteiger partial charge in [0.1, 0.15) is 11.4 Å². The Morgan fingerprint density at radius 2 is 1.85 bits per heavy atom. The molecule has 1 aliphatic carbocycles. The molecule has 2 heterocycles. The van der Waals surface area contributed by atoms with Gasteiger partial charge in [-0.25, -0.2) is 4.98 Å². The molecule has 4 rings (SSSR count). The van der Waals surface area contributed by atoms with Crippen molar-refractivity contribution in [2.45, 2.75) is 63.8 Å². The molecule has 2 amide bonds. The maximum atomic E-state index is 13.8. The van der Waals surface area contributed by atoms with Crippen LogP contribution in [-0.4, -0.2) is 76.9 Å². The Labute approximate surface area is 226 Å². The van der Waals surface area contributed by atoms with Gasteiger partial charge in [-0.05, 0) is 71.0 Å². The minimum atomic E-state index is -4.67. The first-order valence-corrected chi connectivity index (χ1v) is 13.3. The van der Waals surface area contributed by atoms with Gasteiger partial charge in [-0.1, -0.05) is 6.42 Å². The summed E-state index contributed by atoms with van der Waals surface area (Å²) in [4.78, 5) is 37.4. The number of likely N-dealkylation sites (tertiary alicyclic amines) is 1.